The van der Waals surface area contributed by atoms with Gasteiger partial charge in [0.25, 0.3) is 5.91 Å². The van der Waals surface area contributed by atoms with Gasteiger partial charge in [0.15, 0.2) is 6.10 Å². The minimum absolute atomic E-state index is 0.165. The van der Waals surface area contributed by atoms with Gasteiger partial charge in [-0.1, -0.05) is 55.3 Å². The van der Waals surface area contributed by atoms with Crippen LogP contribution in [-0.4, -0.2) is 48.4 Å². The third kappa shape index (κ3) is 5.79. The Bertz CT molecular complexity index is 867. The highest BCUT2D eigenvalue weighted by Gasteiger charge is 2.24. The van der Waals surface area contributed by atoms with E-state index in [-0.39, 0.29) is 24.8 Å². The third-order valence-electron chi connectivity index (χ3n) is 5.23. The number of carbonyl (C=O) groups is 3. The minimum Gasteiger partial charge on any atom is -0.451 e. The molecule has 1 atom stereocenters. The van der Waals surface area contributed by atoms with Crippen molar-refractivity contribution < 1.29 is 19.1 Å². The van der Waals surface area contributed by atoms with Gasteiger partial charge in [-0.2, -0.15) is 0 Å². The Balaban J connectivity index is 1.47. The summed E-state index contributed by atoms with van der Waals surface area (Å²) in [5, 5.41) is 4.68. The number of ether oxygens (including phenoxy) is 1. The zero-order chi connectivity index (χ0) is 20.6. The lowest BCUT2D eigenvalue weighted by Gasteiger charge is -2.24. The normalized spacial score (nSPS) is 15.4. The molecule has 0 radical (unpaired) electrons. The molecule has 1 heterocycles. The van der Waals surface area contributed by atoms with E-state index in [1.807, 2.05) is 42.5 Å². The molecule has 2 aromatic rings. The lowest BCUT2D eigenvalue weighted by molar-refractivity contribution is -0.158. The van der Waals surface area contributed by atoms with Crippen LogP contribution < -0.4 is 5.32 Å². The number of amides is 2. The van der Waals surface area contributed by atoms with Gasteiger partial charge in [-0.3, -0.25) is 14.4 Å². The van der Waals surface area contributed by atoms with Crippen molar-refractivity contribution in [2.24, 2.45) is 0 Å². The van der Waals surface area contributed by atoms with Gasteiger partial charge in [0, 0.05) is 13.1 Å². The second kappa shape index (κ2) is 10.0. The molecule has 154 valence electrons. The maximum atomic E-state index is 12.5. The van der Waals surface area contributed by atoms with Crippen molar-refractivity contribution in [3.63, 3.8) is 0 Å². The lowest BCUT2D eigenvalue weighted by atomic mass is 10.0. The van der Waals surface area contributed by atoms with Gasteiger partial charge < -0.3 is 15.0 Å². The average molecular weight is 396 g/mol. The van der Waals surface area contributed by atoms with Crippen molar-refractivity contribution >= 4 is 28.6 Å². The summed E-state index contributed by atoms with van der Waals surface area (Å²) in [6.07, 6.45) is 3.56. The highest BCUT2D eigenvalue weighted by Crippen LogP contribution is 2.18. The molecule has 3 rings (SSSR count). The van der Waals surface area contributed by atoms with Crippen LogP contribution in [0.1, 0.15) is 38.2 Å². The predicted octanol–water partition coefficient (Wildman–Crippen LogP) is 2.83. The van der Waals surface area contributed by atoms with E-state index in [0.29, 0.717) is 13.1 Å². The van der Waals surface area contributed by atoms with Crippen molar-refractivity contribution in [1.82, 2.24) is 10.2 Å². The first-order chi connectivity index (χ1) is 14.0. The SMILES string of the molecule is C[C@H](OC(=O)CNC(=O)Cc1cccc2ccccc12)C(=O)N1CCCCCC1. The van der Waals surface area contributed by atoms with E-state index in [4.69, 9.17) is 4.74 Å². The number of hydrogen-bond donors (Lipinski definition) is 1. The summed E-state index contributed by atoms with van der Waals surface area (Å²) in [6.45, 7) is 2.76. The summed E-state index contributed by atoms with van der Waals surface area (Å²) in [7, 11) is 0. The molecule has 0 bridgehead atoms. The molecule has 6 nitrogen and oxygen atoms in total. The fourth-order valence-corrected chi connectivity index (χ4v) is 3.69. The van der Waals surface area contributed by atoms with Crippen LogP contribution in [0.4, 0.5) is 0 Å². The number of rotatable bonds is 6. The average Bonchev–Trinajstić information content (AvgIpc) is 3.01. The molecule has 0 unspecified atom stereocenters. The van der Waals surface area contributed by atoms with Gasteiger partial charge in [0.05, 0.1) is 6.42 Å². The zero-order valence-electron chi connectivity index (χ0n) is 16.9. The highest BCUT2D eigenvalue weighted by molar-refractivity contribution is 5.91. The summed E-state index contributed by atoms with van der Waals surface area (Å²) >= 11 is 0. The molecule has 1 N–H and O–H groups in total. The minimum atomic E-state index is -0.837. The number of nitrogens with one attached hydrogen (secondary N) is 1. The number of benzene rings is 2. The van der Waals surface area contributed by atoms with E-state index in [1.165, 1.54) is 0 Å². The predicted molar refractivity (Wildman–Crippen MR) is 111 cm³/mol. The summed E-state index contributed by atoms with van der Waals surface area (Å²) < 4.78 is 5.23. The van der Waals surface area contributed by atoms with E-state index in [9.17, 15) is 14.4 Å². The molecule has 0 aromatic heterocycles. The molecular formula is C23H28N2O4. The Morgan fingerprint density at radius 2 is 1.69 bits per heavy atom. The van der Waals surface area contributed by atoms with Crippen LogP contribution in [0.15, 0.2) is 42.5 Å². The smallest absolute Gasteiger partial charge is 0.326 e. The van der Waals surface area contributed by atoms with Gasteiger partial charge in [-0.25, -0.2) is 0 Å². The van der Waals surface area contributed by atoms with E-state index in [1.54, 1.807) is 11.8 Å². The van der Waals surface area contributed by atoms with Gasteiger partial charge in [-0.15, -0.1) is 0 Å². The van der Waals surface area contributed by atoms with Crippen LogP contribution in [-0.2, 0) is 25.5 Å². The molecule has 1 aliphatic heterocycles. The fraction of sp³-hybridized carbons (Fsp3) is 0.435. The van der Waals surface area contributed by atoms with Crippen LogP contribution in [0.2, 0.25) is 0 Å². The van der Waals surface area contributed by atoms with Crippen LogP contribution in [0.3, 0.4) is 0 Å². The summed E-state index contributed by atoms with van der Waals surface area (Å²) in [4.78, 5) is 38.6. The maximum absolute atomic E-state index is 12.5. The molecule has 0 aliphatic carbocycles. The first kappa shape index (κ1) is 20.8. The molecule has 1 saturated heterocycles. The molecule has 6 heteroatoms. The zero-order valence-corrected chi connectivity index (χ0v) is 16.9. The second-order valence-electron chi connectivity index (χ2n) is 7.46. The summed E-state index contributed by atoms with van der Waals surface area (Å²) in [5.74, 6) is -1.03. The highest BCUT2D eigenvalue weighted by atomic mass is 16.5. The van der Waals surface area contributed by atoms with E-state index < -0.39 is 12.1 Å². The van der Waals surface area contributed by atoms with Crippen LogP contribution in [0.5, 0.6) is 0 Å². The Hall–Kier alpha value is -2.89. The number of esters is 1. The largest absolute Gasteiger partial charge is 0.451 e. The van der Waals surface area contributed by atoms with E-state index in [0.717, 1.165) is 42.0 Å². The fourth-order valence-electron chi connectivity index (χ4n) is 3.69. The first-order valence-corrected chi connectivity index (χ1v) is 10.3. The molecule has 1 aliphatic rings. The standard InChI is InChI=1S/C23H28N2O4/c1-17(23(28)25-13-6-2-3-7-14-25)29-22(27)16-24-21(26)15-19-11-8-10-18-9-4-5-12-20(18)19/h4-5,8-12,17H,2-3,6-7,13-16H2,1H3,(H,24,26)/t17-/m0/s1. The monoisotopic (exact) mass is 396 g/mol. The van der Waals surface area contributed by atoms with Gasteiger partial charge in [0.1, 0.15) is 6.54 Å². The van der Waals surface area contributed by atoms with E-state index >= 15 is 0 Å². The van der Waals surface area contributed by atoms with Crippen molar-refractivity contribution in [1.29, 1.82) is 0 Å². The molecule has 1 fully saturated rings. The summed E-state index contributed by atoms with van der Waals surface area (Å²) in [5.41, 5.74) is 0.902. The Morgan fingerprint density at radius 3 is 2.45 bits per heavy atom. The van der Waals surface area contributed by atoms with E-state index in [2.05, 4.69) is 5.32 Å². The topological polar surface area (TPSA) is 75.7 Å². The van der Waals surface area contributed by atoms with Crippen molar-refractivity contribution in [2.75, 3.05) is 19.6 Å². The molecule has 2 amide bonds. The van der Waals surface area contributed by atoms with Crippen LogP contribution >= 0.6 is 0 Å². The number of carbonyl (C=O) groups excluding carboxylic acids is 3. The Morgan fingerprint density at radius 1 is 1.00 bits per heavy atom. The Kier molecular flexibility index (Phi) is 7.22. The number of hydrogen-bond acceptors (Lipinski definition) is 4. The van der Waals surface area contributed by atoms with Crippen molar-refractivity contribution in [3.05, 3.63) is 48.0 Å². The lowest BCUT2D eigenvalue weighted by Crippen LogP contribution is -2.42. The number of likely N-dealkylation sites (tertiary alicyclic amines) is 1. The van der Waals surface area contributed by atoms with Crippen molar-refractivity contribution in [2.45, 2.75) is 45.1 Å². The molecule has 0 spiro atoms. The van der Waals surface area contributed by atoms with Crippen molar-refractivity contribution in [3.8, 4) is 0 Å². The maximum Gasteiger partial charge on any atom is 0.326 e. The van der Waals surface area contributed by atoms with Gasteiger partial charge in [0.2, 0.25) is 5.91 Å². The summed E-state index contributed by atoms with van der Waals surface area (Å²) in [6, 6.07) is 13.7. The first-order valence-electron chi connectivity index (χ1n) is 10.3. The van der Waals surface area contributed by atoms with Gasteiger partial charge in [-0.05, 0) is 36.1 Å². The van der Waals surface area contributed by atoms with Crippen LogP contribution in [0, 0.1) is 0 Å². The molecule has 29 heavy (non-hydrogen) atoms. The van der Waals surface area contributed by atoms with Crippen LogP contribution in [0.25, 0.3) is 10.8 Å². The molecular weight excluding hydrogens is 368 g/mol. The van der Waals surface area contributed by atoms with Gasteiger partial charge >= 0.3 is 5.97 Å². The third-order valence-corrected chi connectivity index (χ3v) is 5.23. The molecule has 0 saturated carbocycles. The second-order valence-corrected chi connectivity index (χ2v) is 7.46. The number of nitrogens with zero attached hydrogens (tertiary/aromatic N) is 1. The quantitative estimate of drug-likeness (QED) is 0.762. The Labute approximate surface area is 171 Å². The molecule has 2 aromatic carbocycles. The number of fused-ring (bicyclic) bond motifs is 1.